The Bertz CT molecular complexity index is 565. The summed E-state index contributed by atoms with van der Waals surface area (Å²) in [6.45, 7) is 8.50. The van der Waals surface area contributed by atoms with E-state index in [9.17, 15) is 0 Å². The van der Waals surface area contributed by atoms with E-state index < -0.39 is 0 Å². The van der Waals surface area contributed by atoms with Gasteiger partial charge < -0.3 is 10.2 Å². The number of hydrogen-bond acceptors (Lipinski definition) is 3. The van der Waals surface area contributed by atoms with E-state index in [4.69, 9.17) is 4.98 Å². The number of aryl methyl sites for hydroxylation is 1. The minimum absolute atomic E-state index is 0.486. The van der Waals surface area contributed by atoms with Gasteiger partial charge >= 0.3 is 0 Å². The molecule has 2 unspecified atom stereocenters. The van der Waals surface area contributed by atoms with Crippen LogP contribution in [0.15, 0.2) is 36.5 Å². The van der Waals surface area contributed by atoms with Crippen LogP contribution in [0.4, 0.5) is 5.95 Å². The highest BCUT2D eigenvalue weighted by molar-refractivity contribution is 5.45. The molecule has 106 valence electrons. The van der Waals surface area contributed by atoms with E-state index in [1.807, 2.05) is 6.07 Å². The van der Waals surface area contributed by atoms with Gasteiger partial charge in [-0.1, -0.05) is 18.2 Å². The Hall–Kier alpha value is -1.81. The molecule has 0 amide bonds. The van der Waals surface area contributed by atoms with Crippen molar-refractivity contribution in [3.63, 3.8) is 0 Å². The molecule has 3 rings (SSSR count). The van der Waals surface area contributed by atoms with E-state index in [0.717, 1.165) is 24.7 Å². The highest BCUT2D eigenvalue weighted by Gasteiger charge is 2.24. The van der Waals surface area contributed by atoms with Gasteiger partial charge in [0.25, 0.3) is 0 Å². The Morgan fingerprint density at radius 3 is 2.40 bits per heavy atom. The van der Waals surface area contributed by atoms with Crippen LogP contribution in [0, 0.1) is 6.92 Å². The van der Waals surface area contributed by atoms with Crippen LogP contribution in [-0.2, 0) is 0 Å². The molecule has 1 aliphatic heterocycles. The molecule has 0 aliphatic carbocycles. The largest absolute Gasteiger partial charge is 0.339 e. The first-order chi connectivity index (χ1) is 9.63. The summed E-state index contributed by atoms with van der Waals surface area (Å²) in [6, 6.07) is 11.4. The third-order valence-corrected chi connectivity index (χ3v) is 3.68. The zero-order chi connectivity index (χ0) is 14.1. The number of nitrogens with one attached hydrogen (secondary N) is 1. The Kier molecular flexibility index (Phi) is 3.49. The maximum absolute atomic E-state index is 4.74. The Balaban J connectivity index is 1.97. The average Bonchev–Trinajstić information content (AvgIpc) is 2.81. The highest BCUT2D eigenvalue weighted by atomic mass is 15.3. The molecule has 0 saturated carbocycles. The van der Waals surface area contributed by atoms with Crippen LogP contribution in [0.1, 0.15) is 19.5 Å². The van der Waals surface area contributed by atoms with Crippen molar-refractivity contribution in [1.82, 2.24) is 14.9 Å². The van der Waals surface area contributed by atoms with E-state index in [-0.39, 0.29) is 0 Å². The van der Waals surface area contributed by atoms with Crippen molar-refractivity contribution >= 4 is 5.95 Å². The van der Waals surface area contributed by atoms with Crippen LogP contribution < -0.4 is 10.2 Å². The summed E-state index contributed by atoms with van der Waals surface area (Å²) in [5.41, 5.74) is 2.23. The number of imidazole rings is 1. The Morgan fingerprint density at radius 1 is 1.10 bits per heavy atom. The quantitative estimate of drug-likeness (QED) is 0.909. The highest BCUT2D eigenvalue weighted by Crippen LogP contribution is 2.22. The van der Waals surface area contributed by atoms with Crippen LogP contribution in [0.25, 0.3) is 5.69 Å². The van der Waals surface area contributed by atoms with E-state index in [1.54, 1.807) is 0 Å². The third kappa shape index (κ3) is 2.56. The van der Waals surface area contributed by atoms with Crippen LogP contribution >= 0.6 is 0 Å². The predicted octanol–water partition coefficient (Wildman–Crippen LogP) is 2.37. The Morgan fingerprint density at radius 2 is 1.75 bits per heavy atom. The fourth-order valence-corrected chi connectivity index (χ4v) is 2.98. The molecule has 1 N–H and O–H groups in total. The smallest absolute Gasteiger partial charge is 0.210 e. The number of rotatable bonds is 2. The lowest BCUT2D eigenvalue weighted by Gasteiger charge is -2.36. The molecule has 20 heavy (non-hydrogen) atoms. The molecule has 0 spiro atoms. The summed E-state index contributed by atoms with van der Waals surface area (Å²) < 4.78 is 2.19. The average molecular weight is 270 g/mol. The van der Waals surface area contributed by atoms with Gasteiger partial charge in [0, 0.05) is 37.1 Å². The van der Waals surface area contributed by atoms with Crippen molar-refractivity contribution in [3.05, 3.63) is 42.2 Å². The second kappa shape index (κ2) is 5.29. The zero-order valence-electron chi connectivity index (χ0n) is 12.4. The molecule has 2 heterocycles. The number of para-hydroxylation sites is 1. The summed E-state index contributed by atoms with van der Waals surface area (Å²) in [6.07, 6.45) is 2.11. The molecule has 4 nitrogen and oxygen atoms in total. The van der Waals surface area contributed by atoms with Crippen molar-refractivity contribution in [2.24, 2.45) is 0 Å². The number of anilines is 1. The van der Waals surface area contributed by atoms with E-state index in [1.165, 1.54) is 5.69 Å². The van der Waals surface area contributed by atoms with Crippen molar-refractivity contribution in [2.45, 2.75) is 32.9 Å². The maximum atomic E-state index is 4.74. The third-order valence-electron chi connectivity index (χ3n) is 3.68. The fourth-order valence-electron chi connectivity index (χ4n) is 2.98. The first kappa shape index (κ1) is 13.2. The van der Waals surface area contributed by atoms with Gasteiger partial charge in [-0.3, -0.25) is 4.57 Å². The summed E-state index contributed by atoms with van der Waals surface area (Å²) in [5.74, 6) is 1.05. The maximum Gasteiger partial charge on any atom is 0.210 e. The molecule has 0 radical (unpaired) electrons. The number of nitrogens with zero attached hydrogens (tertiary/aromatic N) is 3. The van der Waals surface area contributed by atoms with Crippen LogP contribution in [0.3, 0.4) is 0 Å². The Labute approximate surface area is 120 Å². The molecule has 2 atom stereocenters. The monoisotopic (exact) mass is 270 g/mol. The summed E-state index contributed by atoms with van der Waals surface area (Å²) >= 11 is 0. The second-order valence-corrected chi connectivity index (χ2v) is 5.76. The topological polar surface area (TPSA) is 33.1 Å². The first-order valence-corrected chi connectivity index (χ1v) is 7.26. The van der Waals surface area contributed by atoms with Crippen molar-refractivity contribution in [2.75, 3.05) is 18.0 Å². The number of aromatic nitrogens is 2. The van der Waals surface area contributed by atoms with Crippen molar-refractivity contribution in [3.8, 4) is 5.69 Å². The van der Waals surface area contributed by atoms with E-state index in [2.05, 4.69) is 66.0 Å². The molecule has 1 aliphatic rings. The molecule has 4 heteroatoms. The van der Waals surface area contributed by atoms with Crippen LogP contribution in [-0.4, -0.2) is 34.7 Å². The van der Waals surface area contributed by atoms with Crippen molar-refractivity contribution < 1.29 is 0 Å². The molecule has 1 fully saturated rings. The fraction of sp³-hybridized carbons (Fsp3) is 0.438. The predicted molar refractivity (Wildman–Crippen MR) is 82.6 cm³/mol. The van der Waals surface area contributed by atoms with Gasteiger partial charge in [0.05, 0.1) is 5.69 Å². The molecule has 1 saturated heterocycles. The summed E-state index contributed by atoms with van der Waals surface area (Å²) in [7, 11) is 0. The lowest BCUT2D eigenvalue weighted by molar-refractivity contribution is 0.402. The SMILES string of the molecule is Cc1cn(-c2ccccc2)c(N2CC(C)NC(C)C2)n1. The van der Waals surface area contributed by atoms with Gasteiger partial charge in [0.1, 0.15) is 0 Å². The van der Waals surface area contributed by atoms with Crippen molar-refractivity contribution in [1.29, 1.82) is 0 Å². The molecule has 1 aromatic heterocycles. The second-order valence-electron chi connectivity index (χ2n) is 5.76. The van der Waals surface area contributed by atoms with Gasteiger partial charge in [-0.15, -0.1) is 0 Å². The molecule has 2 aromatic rings. The van der Waals surface area contributed by atoms with Crippen LogP contribution in [0.2, 0.25) is 0 Å². The van der Waals surface area contributed by atoms with Gasteiger partial charge in [-0.05, 0) is 32.9 Å². The minimum Gasteiger partial charge on any atom is -0.339 e. The lowest BCUT2D eigenvalue weighted by Crippen LogP contribution is -2.54. The standard InChI is InChI=1S/C16H22N4/c1-12-9-19(10-13(2)17-12)16-18-14(3)11-20(16)15-7-5-4-6-8-15/h4-8,11-13,17H,9-10H2,1-3H3. The van der Waals surface area contributed by atoms with E-state index in [0.29, 0.717) is 12.1 Å². The summed E-state index contributed by atoms with van der Waals surface area (Å²) in [4.78, 5) is 7.12. The molecule has 0 bridgehead atoms. The van der Waals surface area contributed by atoms with E-state index >= 15 is 0 Å². The minimum atomic E-state index is 0.486. The number of piperazine rings is 1. The van der Waals surface area contributed by atoms with Gasteiger partial charge in [-0.2, -0.15) is 0 Å². The lowest BCUT2D eigenvalue weighted by atomic mass is 10.1. The zero-order valence-corrected chi connectivity index (χ0v) is 12.4. The first-order valence-electron chi connectivity index (χ1n) is 7.26. The summed E-state index contributed by atoms with van der Waals surface area (Å²) in [5, 5.41) is 3.57. The van der Waals surface area contributed by atoms with Crippen LogP contribution in [0.5, 0.6) is 0 Å². The van der Waals surface area contributed by atoms with Gasteiger partial charge in [0.2, 0.25) is 5.95 Å². The molecule has 1 aromatic carbocycles. The number of benzene rings is 1. The normalized spacial score (nSPS) is 23.1. The number of hydrogen-bond donors (Lipinski definition) is 1. The molecular formula is C16H22N4. The molecular weight excluding hydrogens is 248 g/mol. The van der Waals surface area contributed by atoms with Gasteiger partial charge in [0.15, 0.2) is 0 Å². The van der Waals surface area contributed by atoms with Gasteiger partial charge in [-0.25, -0.2) is 4.98 Å².